The van der Waals surface area contributed by atoms with Crippen molar-refractivity contribution in [2.45, 2.75) is 38.1 Å². The summed E-state index contributed by atoms with van der Waals surface area (Å²) in [6.07, 6.45) is 5.87. The van der Waals surface area contributed by atoms with Crippen molar-refractivity contribution in [1.82, 2.24) is 14.7 Å². The van der Waals surface area contributed by atoms with Gasteiger partial charge in [-0.2, -0.15) is 5.10 Å². The van der Waals surface area contributed by atoms with Gasteiger partial charge in [-0.05, 0) is 18.9 Å². The minimum Gasteiger partial charge on any atom is -0.480 e. The van der Waals surface area contributed by atoms with Crippen molar-refractivity contribution >= 4 is 11.9 Å². The lowest BCUT2D eigenvalue weighted by atomic mass is 10.0. The zero-order valence-corrected chi connectivity index (χ0v) is 11.1. The van der Waals surface area contributed by atoms with Crippen LogP contribution >= 0.6 is 0 Å². The molecule has 0 unspecified atom stereocenters. The van der Waals surface area contributed by atoms with Gasteiger partial charge in [-0.25, -0.2) is 4.79 Å². The van der Waals surface area contributed by atoms with E-state index >= 15 is 0 Å². The van der Waals surface area contributed by atoms with E-state index in [1.165, 1.54) is 9.58 Å². The number of amides is 1. The largest absolute Gasteiger partial charge is 0.480 e. The van der Waals surface area contributed by atoms with Gasteiger partial charge in [0.15, 0.2) is 0 Å². The second kappa shape index (κ2) is 5.86. The molecule has 0 saturated carbocycles. The number of carbonyl (C=O) groups is 2. The van der Waals surface area contributed by atoms with E-state index in [0.29, 0.717) is 18.7 Å². The average molecular weight is 265 g/mol. The number of rotatable bonds is 2. The van der Waals surface area contributed by atoms with E-state index < -0.39 is 12.0 Å². The Kier molecular flexibility index (Phi) is 4.19. The highest BCUT2D eigenvalue weighted by molar-refractivity contribution is 5.95. The molecule has 1 aliphatic rings. The third-order valence-corrected chi connectivity index (χ3v) is 3.59. The number of likely N-dealkylation sites (tertiary alicyclic amines) is 1. The van der Waals surface area contributed by atoms with E-state index in [4.69, 9.17) is 0 Å². The predicted octanol–water partition coefficient (Wildman–Crippen LogP) is 1.28. The molecule has 6 heteroatoms. The molecule has 0 aromatic carbocycles. The standard InChI is InChI=1S/C13H19N3O3/c1-15-10(7-8-14-15)12(17)16-9-5-3-2-4-6-11(16)13(18)19/h7-8,11H,2-6,9H2,1H3,(H,18,19)/t11-/m0/s1. The second-order valence-electron chi connectivity index (χ2n) is 4.90. The SMILES string of the molecule is Cn1nccc1C(=O)N1CCCCCC[C@H]1C(=O)O. The summed E-state index contributed by atoms with van der Waals surface area (Å²) >= 11 is 0. The number of carboxylic acid groups (broad SMARTS) is 1. The van der Waals surface area contributed by atoms with Gasteiger partial charge in [0.05, 0.1) is 0 Å². The van der Waals surface area contributed by atoms with Gasteiger partial charge in [0.2, 0.25) is 0 Å². The molecular formula is C13H19N3O3. The first-order chi connectivity index (χ1) is 9.11. The summed E-state index contributed by atoms with van der Waals surface area (Å²) < 4.78 is 1.49. The molecule has 1 amide bonds. The van der Waals surface area contributed by atoms with Crippen LogP contribution in [-0.2, 0) is 11.8 Å². The number of hydrogen-bond acceptors (Lipinski definition) is 3. The highest BCUT2D eigenvalue weighted by atomic mass is 16.4. The summed E-state index contributed by atoms with van der Waals surface area (Å²) in [6.45, 7) is 0.501. The maximum Gasteiger partial charge on any atom is 0.326 e. The fourth-order valence-corrected chi connectivity index (χ4v) is 2.52. The van der Waals surface area contributed by atoms with E-state index in [0.717, 1.165) is 25.7 Å². The first-order valence-corrected chi connectivity index (χ1v) is 6.63. The van der Waals surface area contributed by atoms with Gasteiger partial charge in [0, 0.05) is 19.8 Å². The molecule has 1 atom stereocenters. The van der Waals surface area contributed by atoms with Crippen molar-refractivity contribution in [1.29, 1.82) is 0 Å². The first kappa shape index (κ1) is 13.6. The first-order valence-electron chi connectivity index (χ1n) is 6.63. The summed E-state index contributed by atoms with van der Waals surface area (Å²) in [5.41, 5.74) is 0.437. The third-order valence-electron chi connectivity index (χ3n) is 3.59. The number of nitrogens with zero attached hydrogens (tertiary/aromatic N) is 3. The minimum atomic E-state index is -0.919. The molecule has 2 rings (SSSR count). The smallest absolute Gasteiger partial charge is 0.326 e. The van der Waals surface area contributed by atoms with Gasteiger partial charge in [0.25, 0.3) is 5.91 Å². The van der Waals surface area contributed by atoms with Crippen molar-refractivity contribution in [2.75, 3.05) is 6.54 Å². The normalized spacial score (nSPS) is 20.7. The van der Waals surface area contributed by atoms with Crippen molar-refractivity contribution in [3.05, 3.63) is 18.0 Å². The highest BCUT2D eigenvalue weighted by Crippen LogP contribution is 2.19. The number of aliphatic carboxylic acids is 1. The van der Waals surface area contributed by atoms with E-state index in [1.54, 1.807) is 19.3 Å². The van der Waals surface area contributed by atoms with Crippen molar-refractivity contribution in [2.24, 2.45) is 7.05 Å². The number of aromatic nitrogens is 2. The fraction of sp³-hybridized carbons (Fsp3) is 0.615. The minimum absolute atomic E-state index is 0.241. The van der Waals surface area contributed by atoms with Crippen LogP contribution in [0, 0.1) is 0 Å². The summed E-state index contributed by atoms with van der Waals surface area (Å²) in [5, 5.41) is 13.3. The Morgan fingerprint density at radius 3 is 2.68 bits per heavy atom. The van der Waals surface area contributed by atoms with E-state index in [9.17, 15) is 14.7 Å². The molecule has 0 aliphatic carbocycles. The third kappa shape index (κ3) is 2.94. The van der Waals surface area contributed by atoms with E-state index in [1.807, 2.05) is 0 Å². The summed E-state index contributed by atoms with van der Waals surface area (Å²) in [4.78, 5) is 25.3. The summed E-state index contributed by atoms with van der Waals surface area (Å²) in [5.74, 6) is -1.16. The lowest BCUT2D eigenvalue weighted by molar-refractivity contribution is -0.142. The van der Waals surface area contributed by atoms with Crippen molar-refractivity contribution in [3.63, 3.8) is 0 Å². The number of hydrogen-bond donors (Lipinski definition) is 1. The molecule has 1 aromatic heterocycles. The number of carboxylic acids is 1. The molecule has 1 aromatic rings. The molecule has 1 fully saturated rings. The Morgan fingerprint density at radius 2 is 2.05 bits per heavy atom. The molecule has 104 valence electrons. The lowest BCUT2D eigenvalue weighted by Crippen LogP contribution is -2.46. The molecule has 1 N–H and O–H groups in total. The maximum absolute atomic E-state index is 12.5. The van der Waals surface area contributed by atoms with Crippen LogP contribution in [0.5, 0.6) is 0 Å². The van der Waals surface area contributed by atoms with Gasteiger partial charge in [-0.15, -0.1) is 0 Å². The summed E-state index contributed by atoms with van der Waals surface area (Å²) in [6, 6.07) is 0.905. The molecular weight excluding hydrogens is 246 g/mol. The molecule has 0 spiro atoms. The van der Waals surface area contributed by atoms with Gasteiger partial charge in [0.1, 0.15) is 11.7 Å². The van der Waals surface area contributed by atoms with Crippen LogP contribution in [0.4, 0.5) is 0 Å². The second-order valence-corrected chi connectivity index (χ2v) is 4.90. The Labute approximate surface area is 112 Å². The fourth-order valence-electron chi connectivity index (χ4n) is 2.52. The molecule has 6 nitrogen and oxygen atoms in total. The average Bonchev–Trinajstić information content (AvgIpc) is 2.74. The van der Waals surface area contributed by atoms with Gasteiger partial charge < -0.3 is 10.0 Å². The van der Waals surface area contributed by atoms with Crippen LogP contribution in [-0.4, -0.2) is 44.3 Å². The van der Waals surface area contributed by atoms with Crippen LogP contribution in [0.3, 0.4) is 0 Å². The van der Waals surface area contributed by atoms with Crippen molar-refractivity contribution < 1.29 is 14.7 Å². The quantitative estimate of drug-likeness (QED) is 0.874. The summed E-state index contributed by atoms with van der Waals surface area (Å²) in [7, 11) is 1.69. The van der Waals surface area contributed by atoms with Crippen LogP contribution in [0.2, 0.25) is 0 Å². The zero-order chi connectivity index (χ0) is 13.8. The zero-order valence-electron chi connectivity index (χ0n) is 11.1. The van der Waals surface area contributed by atoms with Crippen molar-refractivity contribution in [3.8, 4) is 0 Å². The molecule has 2 heterocycles. The van der Waals surface area contributed by atoms with E-state index in [-0.39, 0.29) is 5.91 Å². The maximum atomic E-state index is 12.5. The topological polar surface area (TPSA) is 75.4 Å². The number of carbonyl (C=O) groups excluding carboxylic acids is 1. The Balaban J connectivity index is 2.24. The molecule has 19 heavy (non-hydrogen) atoms. The van der Waals surface area contributed by atoms with E-state index in [2.05, 4.69) is 5.10 Å². The lowest BCUT2D eigenvalue weighted by Gasteiger charge is -2.30. The van der Waals surface area contributed by atoms with Gasteiger partial charge in [-0.3, -0.25) is 9.48 Å². The van der Waals surface area contributed by atoms with Crippen LogP contribution in [0.15, 0.2) is 12.3 Å². The molecule has 1 saturated heterocycles. The Bertz CT molecular complexity index is 469. The molecule has 1 aliphatic heterocycles. The van der Waals surface area contributed by atoms with Crippen LogP contribution < -0.4 is 0 Å². The van der Waals surface area contributed by atoms with Crippen LogP contribution in [0.1, 0.15) is 42.6 Å². The Morgan fingerprint density at radius 1 is 1.32 bits per heavy atom. The molecule has 0 bridgehead atoms. The molecule has 0 radical (unpaired) electrons. The highest BCUT2D eigenvalue weighted by Gasteiger charge is 2.31. The Hall–Kier alpha value is -1.85. The number of aryl methyl sites for hydroxylation is 1. The predicted molar refractivity (Wildman–Crippen MR) is 68.8 cm³/mol. The van der Waals surface area contributed by atoms with Crippen LogP contribution in [0.25, 0.3) is 0 Å². The monoisotopic (exact) mass is 265 g/mol. The van der Waals surface area contributed by atoms with Gasteiger partial charge >= 0.3 is 5.97 Å². The van der Waals surface area contributed by atoms with Gasteiger partial charge in [-0.1, -0.05) is 19.3 Å².